The van der Waals surface area contributed by atoms with E-state index in [0.717, 1.165) is 47.2 Å². The Morgan fingerprint density at radius 1 is 1.00 bits per heavy atom. The van der Waals surface area contributed by atoms with Gasteiger partial charge in [-0.05, 0) is 31.3 Å². The monoisotopic (exact) mass is 370 g/mol. The maximum absolute atomic E-state index is 6.20. The Kier molecular flexibility index (Phi) is 6.35. The van der Waals surface area contributed by atoms with Crippen molar-refractivity contribution in [3.63, 3.8) is 0 Å². The van der Waals surface area contributed by atoms with E-state index < -0.39 is 0 Å². The molecule has 0 bridgehead atoms. The molecule has 0 N–H and O–H groups in total. The summed E-state index contributed by atoms with van der Waals surface area (Å²) in [4.78, 5) is 8.56. The first-order valence-corrected chi connectivity index (χ1v) is 10.1. The van der Waals surface area contributed by atoms with Gasteiger partial charge in [0, 0.05) is 33.2 Å². The summed E-state index contributed by atoms with van der Waals surface area (Å²) >= 11 is 8.10. The summed E-state index contributed by atoms with van der Waals surface area (Å²) in [5, 5.41) is 1.90. The first kappa shape index (κ1) is 18.2. The average molecular weight is 371 g/mol. The molecular formula is C21H23ClN2S. The van der Waals surface area contributed by atoms with Gasteiger partial charge in [0.1, 0.15) is 0 Å². The molecule has 0 amide bonds. The largest absolute Gasteiger partial charge is 0.303 e. The first-order chi connectivity index (χ1) is 12.2. The van der Waals surface area contributed by atoms with Gasteiger partial charge in [0.05, 0.1) is 11.2 Å². The van der Waals surface area contributed by atoms with Crippen LogP contribution < -0.4 is 0 Å². The summed E-state index contributed by atoms with van der Waals surface area (Å²) in [6.45, 7) is 7.71. The van der Waals surface area contributed by atoms with Gasteiger partial charge in [-0.2, -0.15) is 0 Å². The van der Waals surface area contributed by atoms with Crippen LogP contribution in [0.15, 0.2) is 59.5 Å². The van der Waals surface area contributed by atoms with E-state index in [1.54, 1.807) is 0 Å². The molecule has 0 radical (unpaired) electrons. The molecular weight excluding hydrogens is 348 g/mol. The van der Waals surface area contributed by atoms with Gasteiger partial charge in [0.15, 0.2) is 0 Å². The van der Waals surface area contributed by atoms with Crippen LogP contribution in [0.5, 0.6) is 0 Å². The minimum absolute atomic E-state index is 0.726. The maximum Gasteiger partial charge on any atom is 0.0735 e. The lowest BCUT2D eigenvalue weighted by Gasteiger charge is -2.18. The van der Waals surface area contributed by atoms with E-state index in [1.807, 2.05) is 42.1 Å². The van der Waals surface area contributed by atoms with Crippen LogP contribution in [0, 0.1) is 0 Å². The molecule has 0 aliphatic rings. The third kappa shape index (κ3) is 4.55. The van der Waals surface area contributed by atoms with Crippen molar-refractivity contribution in [2.45, 2.75) is 18.7 Å². The zero-order valence-electron chi connectivity index (χ0n) is 14.7. The zero-order chi connectivity index (χ0) is 17.6. The van der Waals surface area contributed by atoms with Crippen LogP contribution in [-0.2, 0) is 0 Å². The molecule has 0 aliphatic carbocycles. The Morgan fingerprint density at radius 3 is 2.48 bits per heavy atom. The van der Waals surface area contributed by atoms with Crippen LogP contribution in [0.25, 0.3) is 22.2 Å². The van der Waals surface area contributed by atoms with E-state index in [0.29, 0.717) is 0 Å². The number of hydrogen-bond donors (Lipinski definition) is 0. The summed E-state index contributed by atoms with van der Waals surface area (Å²) in [6, 6.07) is 18.5. The van der Waals surface area contributed by atoms with Gasteiger partial charge < -0.3 is 4.90 Å². The SMILES string of the molecule is CCN(CC)CCSc1cc(-c2ccccc2)nc2cc(Cl)ccc12. The molecule has 0 saturated heterocycles. The quantitative estimate of drug-likeness (QED) is 0.475. The number of aromatic nitrogens is 1. The van der Waals surface area contributed by atoms with Gasteiger partial charge in [-0.15, -0.1) is 11.8 Å². The molecule has 0 saturated carbocycles. The lowest BCUT2D eigenvalue weighted by molar-refractivity contribution is 0.324. The molecule has 0 atom stereocenters. The molecule has 130 valence electrons. The van der Waals surface area contributed by atoms with Crippen molar-refractivity contribution in [1.29, 1.82) is 0 Å². The molecule has 25 heavy (non-hydrogen) atoms. The second-order valence-electron chi connectivity index (χ2n) is 5.91. The summed E-state index contributed by atoms with van der Waals surface area (Å²) in [7, 11) is 0. The number of benzene rings is 2. The fraction of sp³-hybridized carbons (Fsp3) is 0.286. The minimum atomic E-state index is 0.726. The Morgan fingerprint density at radius 2 is 1.76 bits per heavy atom. The predicted octanol–water partition coefficient (Wildman–Crippen LogP) is 5.99. The van der Waals surface area contributed by atoms with Crippen molar-refractivity contribution in [1.82, 2.24) is 9.88 Å². The predicted molar refractivity (Wildman–Crippen MR) is 111 cm³/mol. The Labute approximate surface area is 159 Å². The van der Waals surface area contributed by atoms with E-state index in [9.17, 15) is 0 Å². The van der Waals surface area contributed by atoms with Gasteiger partial charge >= 0.3 is 0 Å². The van der Waals surface area contributed by atoms with Gasteiger partial charge in [0.25, 0.3) is 0 Å². The standard InChI is InChI=1S/C21H23ClN2S/c1-3-24(4-2)12-13-25-21-15-19(16-8-6-5-7-9-16)23-20-14-17(22)10-11-18(20)21/h5-11,14-15H,3-4,12-13H2,1-2H3. The van der Waals surface area contributed by atoms with Crippen molar-refractivity contribution in [3.8, 4) is 11.3 Å². The van der Waals surface area contributed by atoms with E-state index in [4.69, 9.17) is 16.6 Å². The number of hydrogen-bond acceptors (Lipinski definition) is 3. The smallest absolute Gasteiger partial charge is 0.0735 e. The van der Waals surface area contributed by atoms with Crippen molar-refractivity contribution in [2.24, 2.45) is 0 Å². The number of rotatable bonds is 7. The molecule has 0 aliphatic heterocycles. The average Bonchev–Trinajstić information content (AvgIpc) is 2.65. The molecule has 4 heteroatoms. The second kappa shape index (κ2) is 8.70. The summed E-state index contributed by atoms with van der Waals surface area (Å²) < 4.78 is 0. The molecule has 0 unspecified atom stereocenters. The van der Waals surface area contributed by atoms with E-state index in [2.05, 4.69) is 43.0 Å². The second-order valence-corrected chi connectivity index (χ2v) is 7.48. The molecule has 2 aromatic carbocycles. The molecule has 3 rings (SSSR count). The molecule has 2 nitrogen and oxygen atoms in total. The van der Waals surface area contributed by atoms with Gasteiger partial charge in [-0.3, -0.25) is 0 Å². The van der Waals surface area contributed by atoms with Gasteiger partial charge in [0.2, 0.25) is 0 Å². The minimum Gasteiger partial charge on any atom is -0.303 e. The number of pyridine rings is 1. The van der Waals surface area contributed by atoms with Crippen LogP contribution in [0.1, 0.15) is 13.8 Å². The zero-order valence-corrected chi connectivity index (χ0v) is 16.3. The highest BCUT2D eigenvalue weighted by atomic mass is 35.5. The Bertz CT molecular complexity index is 832. The third-order valence-electron chi connectivity index (χ3n) is 4.36. The first-order valence-electron chi connectivity index (χ1n) is 8.72. The van der Waals surface area contributed by atoms with Crippen LogP contribution in [0.2, 0.25) is 5.02 Å². The molecule has 0 spiro atoms. The number of nitrogens with zero attached hydrogens (tertiary/aromatic N) is 2. The lowest BCUT2D eigenvalue weighted by Crippen LogP contribution is -2.25. The number of fused-ring (bicyclic) bond motifs is 1. The highest BCUT2D eigenvalue weighted by molar-refractivity contribution is 7.99. The van der Waals surface area contributed by atoms with E-state index in [1.165, 1.54) is 10.3 Å². The van der Waals surface area contributed by atoms with Gasteiger partial charge in [-0.25, -0.2) is 4.98 Å². The third-order valence-corrected chi connectivity index (χ3v) is 5.63. The van der Waals surface area contributed by atoms with Crippen molar-refractivity contribution < 1.29 is 0 Å². The Balaban J connectivity index is 1.94. The summed E-state index contributed by atoms with van der Waals surface area (Å²) in [5.74, 6) is 1.07. The molecule has 1 aromatic heterocycles. The normalized spacial score (nSPS) is 11.4. The van der Waals surface area contributed by atoms with Crippen LogP contribution in [0.4, 0.5) is 0 Å². The van der Waals surface area contributed by atoms with Crippen LogP contribution in [0.3, 0.4) is 0 Å². The summed E-state index contributed by atoms with van der Waals surface area (Å²) in [6.07, 6.45) is 0. The van der Waals surface area contributed by atoms with Crippen molar-refractivity contribution in [2.75, 3.05) is 25.4 Å². The fourth-order valence-electron chi connectivity index (χ4n) is 2.87. The number of thioether (sulfide) groups is 1. The molecule has 3 aromatic rings. The highest BCUT2D eigenvalue weighted by Crippen LogP contribution is 2.32. The topological polar surface area (TPSA) is 16.1 Å². The maximum atomic E-state index is 6.20. The fourth-order valence-corrected chi connectivity index (χ4v) is 4.13. The van der Waals surface area contributed by atoms with E-state index >= 15 is 0 Å². The molecule has 1 heterocycles. The van der Waals surface area contributed by atoms with Crippen molar-refractivity contribution in [3.05, 3.63) is 59.6 Å². The van der Waals surface area contributed by atoms with Crippen molar-refractivity contribution >= 4 is 34.3 Å². The van der Waals surface area contributed by atoms with Crippen LogP contribution >= 0.6 is 23.4 Å². The van der Waals surface area contributed by atoms with Gasteiger partial charge in [-0.1, -0.05) is 61.8 Å². The Hall–Kier alpha value is -1.55. The summed E-state index contributed by atoms with van der Waals surface area (Å²) in [5.41, 5.74) is 3.09. The highest BCUT2D eigenvalue weighted by Gasteiger charge is 2.09. The lowest BCUT2D eigenvalue weighted by atomic mass is 10.1. The number of halogens is 1. The van der Waals surface area contributed by atoms with Crippen LogP contribution in [-0.4, -0.2) is 35.3 Å². The molecule has 0 fully saturated rings. The van der Waals surface area contributed by atoms with E-state index in [-0.39, 0.29) is 0 Å².